The number of rotatable bonds is 9. The molecule has 3 rings (SSSR count). The molecule has 0 amide bonds. The van der Waals surface area contributed by atoms with Crippen molar-refractivity contribution in [2.24, 2.45) is 0 Å². The van der Waals surface area contributed by atoms with Crippen LogP contribution in [0.4, 0.5) is 0 Å². The first-order chi connectivity index (χ1) is 14.1. The van der Waals surface area contributed by atoms with E-state index in [1.54, 1.807) is 21.3 Å². The second-order valence-corrected chi connectivity index (χ2v) is 7.06. The number of ether oxygens (including phenoxy) is 6. The average Bonchev–Trinajstić information content (AvgIpc) is 2.77. The minimum atomic E-state index is -0.299. The van der Waals surface area contributed by atoms with E-state index in [4.69, 9.17) is 28.4 Å². The maximum atomic E-state index is 6.24. The summed E-state index contributed by atoms with van der Waals surface area (Å²) in [6, 6.07) is 15.7. The molecule has 158 valence electrons. The van der Waals surface area contributed by atoms with Gasteiger partial charge in [0.1, 0.15) is 17.6 Å². The van der Waals surface area contributed by atoms with Crippen LogP contribution < -0.4 is 9.47 Å². The Morgan fingerprint density at radius 3 is 1.79 bits per heavy atom. The number of hydrogen-bond donors (Lipinski definition) is 0. The molecule has 2 aromatic rings. The molecule has 6 nitrogen and oxygen atoms in total. The SMILES string of the molecule is COc1ccc(CO[C@H]2[C@H](C)O[C@@H](OC)C[C@H]2OCc2ccc(OC)cc2)cc1. The Hall–Kier alpha value is -2.12. The smallest absolute Gasteiger partial charge is 0.160 e. The van der Waals surface area contributed by atoms with Gasteiger partial charge in [0.25, 0.3) is 0 Å². The molecule has 0 saturated carbocycles. The van der Waals surface area contributed by atoms with Crippen molar-refractivity contribution in [1.82, 2.24) is 0 Å². The van der Waals surface area contributed by atoms with E-state index in [-0.39, 0.29) is 24.6 Å². The first kappa shape index (κ1) is 21.6. The molecule has 1 heterocycles. The molecule has 4 atom stereocenters. The normalized spacial score (nSPS) is 24.3. The first-order valence-corrected chi connectivity index (χ1v) is 9.80. The van der Waals surface area contributed by atoms with Gasteiger partial charge in [-0.05, 0) is 42.3 Å². The van der Waals surface area contributed by atoms with Crippen LogP contribution in [-0.2, 0) is 32.2 Å². The van der Waals surface area contributed by atoms with E-state index in [2.05, 4.69) is 0 Å². The summed E-state index contributed by atoms with van der Waals surface area (Å²) in [7, 11) is 4.96. The Morgan fingerprint density at radius 2 is 1.31 bits per heavy atom. The lowest BCUT2D eigenvalue weighted by Gasteiger charge is -2.39. The zero-order valence-corrected chi connectivity index (χ0v) is 17.5. The van der Waals surface area contributed by atoms with Crippen LogP contribution in [-0.4, -0.2) is 45.9 Å². The standard InChI is InChI=1S/C23H30O6/c1-16-23(28-15-18-7-11-20(25-3)12-8-18)21(13-22(26-4)29-16)27-14-17-5-9-19(24-2)10-6-17/h5-12,16,21-23H,13-15H2,1-4H3/t16-,21+,22+,23-/m0/s1. The molecule has 6 heteroatoms. The highest BCUT2D eigenvalue weighted by Gasteiger charge is 2.38. The summed E-state index contributed by atoms with van der Waals surface area (Å²) in [6.07, 6.45) is -0.158. The van der Waals surface area contributed by atoms with E-state index in [9.17, 15) is 0 Å². The zero-order valence-electron chi connectivity index (χ0n) is 17.5. The van der Waals surface area contributed by atoms with Crippen molar-refractivity contribution in [3.63, 3.8) is 0 Å². The maximum Gasteiger partial charge on any atom is 0.160 e. The second-order valence-electron chi connectivity index (χ2n) is 7.06. The Balaban J connectivity index is 1.62. The predicted octanol–water partition coefficient (Wildman–Crippen LogP) is 3.96. The van der Waals surface area contributed by atoms with E-state index in [1.807, 2.05) is 55.5 Å². The first-order valence-electron chi connectivity index (χ1n) is 9.80. The van der Waals surface area contributed by atoms with Crippen LogP contribution in [0.1, 0.15) is 24.5 Å². The van der Waals surface area contributed by atoms with Gasteiger partial charge >= 0.3 is 0 Å². The van der Waals surface area contributed by atoms with E-state index in [1.165, 1.54) is 0 Å². The van der Waals surface area contributed by atoms with Crippen molar-refractivity contribution >= 4 is 0 Å². The highest BCUT2D eigenvalue weighted by molar-refractivity contribution is 5.27. The Bertz CT molecular complexity index is 730. The van der Waals surface area contributed by atoms with E-state index in [0.717, 1.165) is 22.6 Å². The summed E-state index contributed by atoms with van der Waals surface area (Å²) >= 11 is 0. The van der Waals surface area contributed by atoms with Gasteiger partial charge in [0.2, 0.25) is 0 Å². The van der Waals surface area contributed by atoms with Crippen molar-refractivity contribution in [3.8, 4) is 11.5 Å². The average molecular weight is 402 g/mol. The fourth-order valence-corrected chi connectivity index (χ4v) is 3.40. The number of hydrogen-bond acceptors (Lipinski definition) is 6. The third kappa shape index (κ3) is 5.93. The molecule has 1 aliphatic rings. The maximum absolute atomic E-state index is 6.24. The molecule has 0 radical (unpaired) electrons. The quantitative estimate of drug-likeness (QED) is 0.633. The fraction of sp³-hybridized carbons (Fsp3) is 0.478. The Morgan fingerprint density at radius 1 is 0.793 bits per heavy atom. The molecule has 0 spiro atoms. The van der Waals surface area contributed by atoms with Gasteiger partial charge in [-0.2, -0.15) is 0 Å². The lowest BCUT2D eigenvalue weighted by Crippen LogP contribution is -2.49. The van der Waals surface area contributed by atoms with Gasteiger partial charge in [0.15, 0.2) is 6.29 Å². The van der Waals surface area contributed by atoms with Gasteiger partial charge in [-0.15, -0.1) is 0 Å². The van der Waals surface area contributed by atoms with Crippen molar-refractivity contribution < 1.29 is 28.4 Å². The van der Waals surface area contributed by atoms with Crippen LogP contribution in [0.15, 0.2) is 48.5 Å². The topological polar surface area (TPSA) is 55.4 Å². The van der Waals surface area contributed by atoms with Gasteiger partial charge in [-0.3, -0.25) is 0 Å². The Labute approximate surface area is 172 Å². The minimum Gasteiger partial charge on any atom is -0.497 e. The second kappa shape index (κ2) is 10.6. The number of benzene rings is 2. The largest absolute Gasteiger partial charge is 0.497 e. The third-order valence-corrected chi connectivity index (χ3v) is 5.11. The molecule has 0 N–H and O–H groups in total. The number of methoxy groups -OCH3 is 3. The van der Waals surface area contributed by atoms with Crippen LogP contribution >= 0.6 is 0 Å². The summed E-state index contributed by atoms with van der Waals surface area (Å²) in [5.41, 5.74) is 2.15. The fourth-order valence-electron chi connectivity index (χ4n) is 3.40. The molecule has 1 aliphatic heterocycles. The minimum absolute atomic E-state index is 0.135. The van der Waals surface area contributed by atoms with E-state index >= 15 is 0 Å². The molecule has 1 saturated heterocycles. The van der Waals surface area contributed by atoms with Crippen molar-refractivity contribution in [3.05, 3.63) is 59.7 Å². The third-order valence-electron chi connectivity index (χ3n) is 5.11. The van der Waals surface area contributed by atoms with E-state index in [0.29, 0.717) is 19.6 Å². The lowest BCUT2D eigenvalue weighted by atomic mass is 10.0. The predicted molar refractivity (Wildman–Crippen MR) is 109 cm³/mol. The summed E-state index contributed by atoms with van der Waals surface area (Å²) in [4.78, 5) is 0. The van der Waals surface area contributed by atoms with Gasteiger partial charge in [0.05, 0.1) is 39.6 Å². The Kier molecular flexibility index (Phi) is 7.89. The highest BCUT2D eigenvalue weighted by atomic mass is 16.7. The summed E-state index contributed by atoms with van der Waals surface area (Å²) in [5, 5.41) is 0. The van der Waals surface area contributed by atoms with Crippen molar-refractivity contribution in [2.75, 3.05) is 21.3 Å². The van der Waals surface area contributed by atoms with Gasteiger partial charge in [0, 0.05) is 13.5 Å². The molecular formula is C23H30O6. The summed E-state index contributed by atoms with van der Waals surface area (Å²) in [5.74, 6) is 1.65. The molecule has 1 fully saturated rings. The van der Waals surface area contributed by atoms with Gasteiger partial charge in [-0.1, -0.05) is 24.3 Å². The summed E-state index contributed by atoms with van der Waals surface area (Å²) in [6.45, 7) is 2.95. The highest BCUT2D eigenvalue weighted by Crippen LogP contribution is 2.27. The van der Waals surface area contributed by atoms with Crippen molar-refractivity contribution in [2.45, 2.75) is 51.2 Å². The van der Waals surface area contributed by atoms with Gasteiger partial charge in [-0.25, -0.2) is 0 Å². The summed E-state index contributed by atoms with van der Waals surface area (Å²) < 4.78 is 34.2. The van der Waals surface area contributed by atoms with Gasteiger partial charge < -0.3 is 28.4 Å². The molecule has 0 bridgehead atoms. The molecule has 0 unspecified atom stereocenters. The monoisotopic (exact) mass is 402 g/mol. The molecule has 29 heavy (non-hydrogen) atoms. The lowest BCUT2D eigenvalue weighted by molar-refractivity contribution is -0.259. The zero-order chi connectivity index (χ0) is 20.6. The van der Waals surface area contributed by atoms with Crippen LogP contribution in [0.2, 0.25) is 0 Å². The molecule has 0 aromatic heterocycles. The van der Waals surface area contributed by atoms with E-state index < -0.39 is 0 Å². The van der Waals surface area contributed by atoms with Crippen molar-refractivity contribution in [1.29, 1.82) is 0 Å². The molecule has 0 aliphatic carbocycles. The molecule has 2 aromatic carbocycles. The van der Waals surface area contributed by atoms with Crippen LogP contribution in [0.3, 0.4) is 0 Å². The molecular weight excluding hydrogens is 372 g/mol. The van der Waals surface area contributed by atoms with Crippen LogP contribution in [0.25, 0.3) is 0 Å². The van der Waals surface area contributed by atoms with Crippen LogP contribution in [0, 0.1) is 0 Å². The van der Waals surface area contributed by atoms with Crippen LogP contribution in [0.5, 0.6) is 11.5 Å².